The number of phenols is 1. The van der Waals surface area contributed by atoms with Gasteiger partial charge in [0, 0.05) is 5.56 Å². The summed E-state index contributed by atoms with van der Waals surface area (Å²) < 4.78 is 6.95. The van der Waals surface area contributed by atoms with Crippen molar-refractivity contribution in [3.05, 3.63) is 42.0 Å². The topological polar surface area (TPSA) is 37.3 Å². The number of carbonyl (C=O) groups excluding carboxylic acids is 1. The Morgan fingerprint density at radius 1 is 1.15 bits per heavy atom. The highest BCUT2D eigenvalue weighted by atomic mass is 16.3. The molecular weight excluding hydrogens is 164 g/mol. The van der Waals surface area contributed by atoms with Crippen LogP contribution in [0.25, 0.3) is 10.8 Å². The summed E-state index contributed by atoms with van der Waals surface area (Å²) in [6.45, 7) is 0. The predicted octanol–water partition coefficient (Wildman–Crippen LogP) is 2.36. The molecule has 2 aromatic carbocycles. The number of phenolic OH excluding ortho intramolecular Hbond substituents is 1. The molecule has 0 unspecified atom stereocenters. The van der Waals surface area contributed by atoms with Gasteiger partial charge in [0.1, 0.15) is 13.4 Å². The zero-order valence-electron chi connectivity index (χ0n) is 7.82. The lowest BCUT2D eigenvalue weighted by molar-refractivity contribution is 0.112. The highest BCUT2D eigenvalue weighted by Crippen LogP contribution is 2.20. The van der Waals surface area contributed by atoms with Crippen molar-refractivity contribution in [1.29, 1.82) is 0 Å². The van der Waals surface area contributed by atoms with Crippen molar-refractivity contribution in [2.24, 2.45) is 0 Å². The highest BCUT2D eigenvalue weighted by Gasteiger charge is 1.96. The Morgan fingerprint density at radius 2 is 1.85 bits per heavy atom. The number of rotatable bonds is 1. The number of aromatic hydroxyl groups is 1. The van der Waals surface area contributed by atoms with Crippen molar-refractivity contribution in [2.45, 2.75) is 0 Å². The molecule has 2 heteroatoms. The van der Waals surface area contributed by atoms with Crippen LogP contribution in [0.3, 0.4) is 0 Å². The molecule has 13 heavy (non-hydrogen) atoms. The van der Waals surface area contributed by atoms with Gasteiger partial charge >= 0.3 is 0 Å². The van der Waals surface area contributed by atoms with Gasteiger partial charge < -0.3 is 5.11 Å². The predicted molar refractivity (Wildman–Crippen MR) is 51.0 cm³/mol. The molecule has 0 aliphatic heterocycles. The van der Waals surface area contributed by atoms with Crippen molar-refractivity contribution in [3.63, 3.8) is 0 Å². The summed E-state index contributed by atoms with van der Waals surface area (Å²) in [5.41, 5.74) is 0.364. The molecule has 64 valence electrons. The molecule has 0 atom stereocenters. The molecule has 0 aliphatic carbocycles. The molecule has 0 amide bonds. The van der Waals surface area contributed by atoms with Crippen LogP contribution in [0.2, 0.25) is 0 Å². The molecule has 0 saturated heterocycles. The summed E-state index contributed by atoms with van der Waals surface area (Å²) in [6, 6.07) is 9.84. The monoisotopic (exact) mass is 173 g/mol. The number of benzene rings is 2. The smallest absolute Gasteiger partial charge is 0.150 e. The first-order valence-electron chi connectivity index (χ1n) is 4.40. The lowest BCUT2D eigenvalue weighted by Gasteiger charge is -1.98. The molecule has 1 N–H and O–H groups in total. The van der Waals surface area contributed by atoms with E-state index in [1.807, 2.05) is 0 Å². The van der Waals surface area contributed by atoms with Crippen LogP contribution in [-0.2, 0) is 0 Å². The molecule has 0 fully saturated rings. The highest BCUT2D eigenvalue weighted by molar-refractivity contribution is 5.89. The van der Waals surface area contributed by atoms with Crippen LogP contribution < -0.4 is 0 Å². The van der Waals surface area contributed by atoms with Gasteiger partial charge in [-0.25, -0.2) is 0 Å². The Bertz CT molecular complexity index is 506. The second-order valence-electron chi connectivity index (χ2n) is 2.85. The fraction of sp³-hybridized carbons (Fsp3) is 0. The minimum absolute atomic E-state index is 0.197. The minimum atomic E-state index is -0.694. The molecule has 0 spiro atoms. The second-order valence-corrected chi connectivity index (χ2v) is 2.85. The summed E-state index contributed by atoms with van der Waals surface area (Å²) in [6.07, 6.45) is -0.694. The second kappa shape index (κ2) is 2.90. The Balaban J connectivity index is 2.67. The first-order chi connectivity index (χ1) is 6.66. The van der Waals surface area contributed by atoms with Crippen LogP contribution in [0.5, 0.6) is 5.75 Å². The van der Waals surface area contributed by atoms with E-state index < -0.39 is 6.26 Å². The van der Waals surface area contributed by atoms with Crippen LogP contribution in [0, 0.1) is 0 Å². The molecule has 0 radical (unpaired) electrons. The molecular formula is C11H8O2. The largest absolute Gasteiger partial charge is 0.508 e. The van der Waals surface area contributed by atoms with Crippen molar-refractivity contribution < 1.29 is 11.3 Å². The summed E-state index contributed by atoms with van der Waals surface area (Å²) in [4.78, 5) is 10.8. The fourth-order valence-corrected chi connectivity index (χ4v) is 1.30. The van der Waals surface area contributed by atoms with Gasteiger partial charge in [0.05, 0.1) is 0 Å². The Hall–Kier alpha value is -1.83. The lowest BCUT2D eigenvalue weighted by atomic mass is 10.1. The Labute approximate surface area is 76.8 Å². The van der Waals surface area contributed by atoms with Crippen molar-refractivity contribution in [3.8, 4) is 5.75 Å². The van der Waals surface area contributed by atoms with Crippen LogP contribution >= 0.6 is 0 Å². The van der Waals surface area contributed by atoms with E-state index >= 15 is 0 Å². The maximum absolute atomic E-state index is 10.8. The first kappa shape index (κ1) is 6.66. The summed E-state index contributed by atoms with van der Waals surface area (Å²) in [7, 11) is 0. The average molecular weight is 173 g/mol. The molecule has 2 nitrogen and oxygen atoms in total. The van der Waals surface area contributed by atoms with E-state index in [4.69, 9.17) is 1.37 Å². The van der Waals surface area contributed by atoms with Gasteiger partial charge in [0.2, 0.25) is 0 Å². The third-order valence-electron chi connectivity index (χ3n) is 1.94. The quantitative estimate of drug-likeness (QED) is 0.672. The van der Waals surface area contributed by atoms with Crippen molar-refractivity contribution >= 4 is 17.0 Å². The third-order valence-corrected chi connectivity index (χ3v) is 1.94. The maximum atomic E-state index is 10.8. The van der Waals surface area contributed by atoms with Crippen molar-refractivity contribution in [1.82, 2.24) is 0 Å². The van der Waals surface area contributed by atoms with Gasteiger partial charge in [0.15, 0.2) is 0 Å². The van der Waals surface area contributed by atoms with Crippen LogP contribution in [0.1, 0.15) is 11.7 Å². The Morgan fingerprint density at radius 3 is 2.62 bits per heavy atom. The van der Waals surface area contributed by atoms with Gasteiger partial charge in [-0.15, -0.1) is 0 Å². The SMILES string of the molecule is [2H]C(=O)c1ccc2cc(O)ccc2c1. The number of fused-ring (bicyclic) bond motifs is 1. The molecule has 0 aliphatic rings. The van der Waals surface area contributed by atoms with Gasteiger partial charge in [-0.2, -0.15) is 0 Å². The van der Waals surface area contributed by atoms with Crippen LogP contribution in [-0.4, -0.2) is 11.4 Å². The van der Waals surface area contributed by atoms with Gasteiger partial charge in [-0.1, -0.05) is 18.2 Å². The minimum Gasteiger partial charge on any atom is -0.508 e. The van der Waals surface area contributed by atoms with Gasteiger partial charge in [0.25, 0.3) is 0 Å². The maximum Gasteiger partial charge on any atom is 0.150 e. The number of hydrogen-bond donors (Lipinski definition) is 1. The normalized spacial score (nSPS) is 11.2. The average Bonchev–Trinajstić information content (AvgIpc) is 2.16. The van der Waals surface area contributed by atoms with E-state index in [9.17, 15) is 9.90 Å². The van der Waals surface area contributed by atoms with E-state index in [0.717, 1.165) is 10.8 Å². The molecule has 0 saturated carbocycles. The lowest BCUT2D eigenvalue weighted by Crippen LogP contribution is -1.79. The molecule has 2 aromatic rings. The van der Waals surface area contributed by atoms with E-state index in [-0.39, 0.29) is 5.75 Å². The van der Waals surface area contributed by atoms with Crippen molar-refractivity contribution in [2.75, 3.05) is 0 Å². The molecule has 2 rings (SSSR count). The fourth-order valence-electron chi connectivity index (χ4n) is 1.30. The van der Waals surface area contributed by atoms with E-state index in [1.54, 1.807) is 36.4 Å². The van der Waals surface area contributed by atoms with E-state index in [1.165, 1.54) is 0 Å². The molecule has 0 heterocycles. The number of carbonyl (C=O) groups is 1. The van der Waals surface area contributed by atoms with Gasteiger partial charge in [-0.05, 0) is 29.0 Å². The summed E-state index contributed by atoms with van der Waals surface area (Å²) in [5.74, 6) is 0.197. The molecule has 0 aromatic heterocycles. The van der Waals surface area contributed by atoms with Crippen LogP contribution in [0.15, 0.2) is 36.4 Å². The van der Waals surface area contributed by atoms with Gasteiger partial charge in [-0.3, -0.25) is 4.79 Å². The van der Waals surface area contributed by atoms with E-state index in [0.29, 0.717) is 5.56 Å². The molecule has 0 bridgehead atoms. The Kier molecular flexibility index (Phi) is 1.49. The zero-order valence-corrected chi connectivity index (χ0v) is 6.82. The first-order valence-corrected chi connectivity index (χ1v) is 3.90. The van der Waals surface area contributed by atoms with E-state index in [2.05, 4.69) is 0 Å². The third kappa shape index (κ3) is 1.38. The number of hydrogen-bond acceptors (Lipinski definition) is 2. The zero-order chi connectivity index (χ0) is 10.1. The standard InChI is InChI=1S/C11H8O2/c12-7-8-1-2-10-6-11(13)4-3-9(10)5-8/h1-7,13H/i7D. The summed E-state index contributed by atoms with van der Waals surface area (Å²) in [5, 5.41) is 10.9. The summed E-state index contributed by atoms with van der Waals surface area (Å²) >= 11 is 0. The van der Waals surface area contributed by atoms with Crippen LogP contribution in [0.4, 0.5) is 0 Å². The number of aldehydes is 1.